The molecule has 0 fully saturated rings. The van der Waals surface area contributed by atoms with Crippen LogP contribution in [0.15, 0.2) is 6.07 Å². The molecule has 0 saturated carbocycles. The van der Waals surface area contributed by atoms with Gasteiger partial charge in [0.2, 0.25) is 0 Å². The first-order chi connectivity index (χ1) is 6.31. The molecular weight excluding hydrogens is 204 g/mol. The number of hydrogen-bond acceptors (Lipinski definition) is 4. The fourth-order valence-electron chi connectivity index (χ4n) is 1.33. The Kier molecular flexibility index (Phi) is 2.57. The molecule has 3 N–H and O–H groups in total. The summed E-state index contributed by atoms with van der Waals surface area (Å²) in [6.07, 6.45) is 1.09. The number of carbonyl (C=O) groups excluding carboxylic acids is 1. The minimum Gasteiger partial charge on any atom is -0.289 e. The summed E-state index contributed by atoms with van der Waals surface area (Å²) in [6.45, 7) is 0. The SMILES string of the molecule is NNC(=O)c1cc2c(s1)CCSC2. The molecule has 0 saturated heterocycles. The lowest BCUT2D eigenvalue weighted by atomic mass is 10.2. The van der Waals surface area contributed by atoms with Gasteiger partial charge >= 0.3 is 0 Å². The molecule has 2 rings (SSSR count). The summed E-state index contributed by atoms with van der Waals surface area (Å²) in [4.78, 5) is 13.3. The molecule has 0 unspecified atom stereocenters. The minimum atomic E-state index is -0.176. The van der Waals surface area contributed by atoms with Crippen molar-refractivity contribution < 1.29 is 4.79 Å². The third kappa shape index (κ3) is 1.72. The van der Waals surface area contributed by atoms with E-state index < -0.39 is 0 Å². The van der Waals surface area contributed by atoms with Crippen LogP contribution in [-0.2, 0) is 12.2 Å². The molecule has 1 aromatic heterocycles. The lowest BCUT2D eigenvalue weighted by molar-refractivity contribution is 0.0957. The van der Waals surface area contributed by atoms with Gasteiger partial charge in [-0.15, -0.1) is 11.3 Å². The molecule has 1 amide bonds. The zero-order valence-electron chi connectivity index (χ0n) is 7.00. The van der Waals surface area contributed by atoms with Gasteiger partial charge in [-0.05, 0) is 23.8 Å². The highest BCUT2D eigenvalue weighted by Crippen LogP contribution is 2.31. The average molecular weight is 214 g/mol. The van der Waals surface area contributed by atoms with E-state index in [4.69, 9.17) is 5.84 Å². The number of amides is 1. The van der Waals surface area contributed by atoms with Crippen LogP contribution < -0.4 is 11.3 Å². The first kappa shape index (κ1) is 9.05. The summed E-state index contributed by atoms with van der Waals surface area (Å²) < 4.78 is 0. The second kappa shape index (κ2) is 3.69. The molecule has 70 valence electrons. The number of aryl methyl sites for hydroxylation is 1. The molecule has 0 radical (unpaired) electrons. The highest BCUT2D eigenvalue weighted by molar-refractivity contribution is 7.98. The van der Waals surface area contributed by atoms with Crippen LogP contribution in [0.25, 0.3) is 0 Å². The minimum absolute atomic E-state index is 0.176. The summed E-state index contributed by atoms with van der Waals surface area (Å²) in [5, 5.41) is 0. The van der Waals surface area contributed by atoms with Gasteiger partial charge in [0.15, 0.2) is 0 Å². The molecule has 13 heavy (non-hydrogen) atoms. The Labute approximate surface area is 84.7 Å². The van der Waals surface area contributed by atoms with Crippen LogP contribution in [0.5, 0.6) is 0 Å². The second-order valence-corrected chi connectivity index (χ2v) is 5.08. The van der Waals surface area contributed by atoms with Crippen molar-refractivity contribution in [2.45, 2.75) is 12.2 Å². The normalized spacial score (nSPS) is 15.2. The largest absolute Gasteiger partial charge is 0.289 e. The van der Waals surface area contributed by atoms with Gasteiger partial charge in [0.05, 0.1) is 4.88 Å². The number of fused-ring (bicyclic) bond motifs is 1. The van der Waals surface area contributed by atoms with Crippen molar-refractivity contribution in [1.29, 1.82) is 0 Å². The van der Waals surface area contributed by atoms with E-state index in [-0.39, 0.29) is 5.91 Å². The molecule has 3 nitrogen and oxygen atoms in total. The third-order valence-electron chi connectivity index (χ3n) is 1.98. The molecule has 1 aromatic rings. The van der Waals surface area contributed by atoms with Crippen LogP contribution in [0.1, 0.15) is 20.1 Å². The molecule has 0 aliphatic carbocycles. The summed E-state index contributed by atoms with van der Waals surface area (Å²) in [5.41, 5.74) is 3.46. The maximum absolute atomic E-state index is 11.2. The predicted molar refractivity (Wildman–Crippen MR) is 55.8 cm³/mol. The highest BCUT2D eigenvalue weighted by atomic mass is 32.2. The van der Waals surface area contributed by atoms with Crippen LogP contribution in [0.2, 0.25) is 0 Å². The Hall–Kier alpha value is -0.520. The summed E-state index contributed by atoms with van der Waals surface area (Å²) in [6, 6.07) is 1.95. The topological polar surface area (TPSA) is 55.1 Å². The van der Waals surface area contributed by atoms with E-state index in [9.17, 15) is 4.79 Å². The summed E-state index contributed by atoms with van der Waals surface area (Å²) in [7, 11) is 0. The van der Waals surface area contributed by atoms with Crippen molar-refractivity contribution in [3.8, 4) is 0 Å². The van der Waals surface area contributed by atoms with Gasteiger partial charge in [-0.3, -0.25) is 10.2 Å². The number of nitrogen functional groups attached to an aromatic ring is 1. The van der Waals surface area contributed by atoms with Crippen LogP contribution in [0.4, 0.5) is 0 Å². The highest BCUT2D eigenvalue weighted by Gasteiger charge is 2.16. The number of rotatable bonds is 1. The van der Waals surface area contributed by atoms with Crippen LogP contribution >= 0.6 is 23.1 Å². The van der Waals surface area contributed by atoms with E-state index in [1.54, 1.807) is 11.3 Å². The Morgan fingerprint density at radius 1 is 1.62 bits per heavy atom. The summed E-state index contributed by atoms with van der Waals surface area (Å²) >= 11 is 3.48. The van der Waals surface area contributed by atoms with Crippen molar-refractivity contribution in [1.82, 2.24) is 5.43 Å². The lowest BCUT2D eigenvalue weighted by Crippen LogP contribution is -2.29. The van der Waals surface area contributed by atoms with Gasteiger partial charge in [0.25, 0.3) is 5.91 Å². The zero-order valence-corrected chi connectivity index (χ0v) is 8.63. The fourth-order valence-corrected chi connectivity index (χ4v) is 3.61. The summed E-state index contributed by atoms with van der Waals surface area (Å²) in [5.74, 6) is 7.08. The second-order valence-electron chi connectivity index (χ2n) is 2.84. The zero-order chi connectivity index (χ0) is 9.26. The van der Waals surface area contributed by atoms with E-state index in [2.05, 4.69) is 5.43 Å². The maximum Gasteiger partial charge on any atom is 0.275 e. The van der Waals surface area contributed by atoms with Crippen molar-refractivity contribution in [2.24, 2.45) is 5.84 Å². The van der Waals surface area contributed by atoms with Crippen molar-refractivity contribution >= 4 is 29.0 Å². The number of carbonyl (C=O) groups is 1. The fraction of sp³-hybridized carbons (Fsp3) is 0.375. The van der Waals surface area contributed by atoms with Crippen molar-refractivity contribution in [3.63, 3.8) is 0 Å². The Morgan fingerprint density at radius 3 is 3.15 bits per heavy atom. The number of nitrogens with one attached hydrogen (secondary N) is 1. The van der Waals surface area contributed by atoms with E-state index in [1.807, 2.05) is 17.8 Å². The van der Waals surface area contributed by atoms with Crippen LogP contribution in [0, 0.1) is 0 Å². The van der Waals surface area contributed by atoms with E-state index in [1.165, 1.54) is 10.4 Å². The average Bonchev–Trinajstić information content (AvgIpc) is 2.59. The third-order valence-corrected chi connectivity index (χ3v) is 4.23. The maximum atomic E-state index is 11.2. The van der Waals surface area contributed by atoms with Gasteiger partial charge < -0.3 is 0 Å². The molecule has 1 aliphatic heterocycles. The molecule has 0 bridgehead atoms. The van der Waals surface area contributed by atoms with Crippen LogP contribution in [-0.4, -0.2) is 11.7 Å². The first-order valence-corrected chi connectivity index (χ1v) is 5.98. The van der Waals surface area contributed by atoms with Gasteiger partial charge in [-0.25, -0.2) is 5.84 Å². The predicted octanol–water partition coefficient (Wildman–Crippen LogP) is 1.14. The Bertz CT molecular complexity index is 311. The Balaban J connectivity index is 2.30. The Morgan fingerprint density at radius 2 is 2.46 bits per heavy atom. The smallest absolute Gasteiger partial charge is 0.275 e. The molecule has 0 aromatic carbocycles. The van der Waals surface area contributed by atoms with Gasteiger partial charge in [0, 0.05) is 10.6 Å². The van der Waals surface area contributed by atoms with Crippen molar-refractivity contribution in [2.75, 3.05) is 5.75 Å². The monoisotopic (exact) mass is 214 g/mol. The lowest BCUT2D eigenvalue weighted by Gasteiger charge is -2.08. The van der Waals surface area contributed by atoms with Gasteiger partial charge in [-0.1, -0.05) is 0 Å². The molecule has 2 heterocycles. The molecular formula is C8H10N2OS2. The molecule has 5 heteroatoms. The number of thiophene rings is 1. The molecule has 1 aliphatic rings. The number of hydrogen-bond donors (Lipinski definition) is 2. The van der Waals surface area contributed by atoms with E-state index in [0.717, 1.165) is 22.8 Å². The van der Waals surface area contributed by atoms with Crippen LogP contribution in [0.3, 0.4) is 0 Å². The van der Waals surface area contributed by atoms with Gasteiger partial charge in [-0.2, -0.15) is 11.8 Å². The van der Waals surface area contributed by atoms with Crippen molar-refractivity contribution in [3.05, 3.63) is 21.4 Å². The van der Waals surface area contributed by atoms with E-state index >= 15 is 0 Å². The molecule has 0 spiro atoms. The number of nitrogens with two attached hydrogens (primary N) is 1. The van der Waals surface area contributed by atoms with Gasteiger partial charge in [0.1, 0.15) is 0 Å². The van der Waals surface area contributed by atoms with E-state index in [0.29, 0.717) is 0 Å². The number of hydrazine groups is 1. The number of thioether (sulfide) groups is 1. The first-order valence-electron chi connectivity index (χ1n) is 4.01. The quantitative estimate of drug-likeness (QED) is 0.419. The standard InChI is InChI=1S/C8H10N2OS2/c9-10-8(11)7-3-5-4-12-2-1-6(5)13-7/h3H,1-2,4,9H2,(H,10,11). The molecule has 0 atom stereocenters.